The molecule has 0 spiro atoms. The van der Waals surface area contributed by atoms with E-state index in [0.29, 0.717) is 11.5 Å². The predicted octanol–water partition coefficient (Wildman–Crippen LogP) is 2.27. The van der Waals surface area contributed by atoms with E-state index in [2.05, 4.69) is 6.58 Å². The normalized spacial score (nSPS) is 18.7. The monoisotopic (exact) mass is 207 g/mol. The maximum atomic E-state index is 10.7. The molecule has 1 heterocycles. The second kappa shape index (κ2) is 3.27. The molecule has 5 heteroatoms. The van der Waals surface area contributed by atoms with E-state index >= 15 is 0 Å². The lowest BCUT2D eigenvalue weighted by Crippen LogP contribution is -2.23. The summed E-state index contributed by atoms with van der Waals surface area (Å²) < 4.78 is 10.7. The number of rotatable bonds is 1. The number of hydrogen-bond acceptors (Lipinski definition) is 4. The Labute approximate surface area is 86.1 Å². The SMILES string of the molecule is C=C1Oc2cccc([N+](=O)[O-])c2OC1C. The summed E-state index contributed by atoms with van der Waals surface area (Å²) in [5.41, 5.74) is -0.0909. The summed E-state index contributed by atoms with van der Waals surface area (Å²) in [4.78, 5) is 10.2. The van der Waals surface area contributed by atoms with E-state index in [1.807, 2.05) is 0 Å². The fraction of sp³-hybridized carbons (Fsp3) is 0.200. The molecule has 0 fully saturated rings. The van der Waals surface area contributed by atoms with Gasteiger partial charge in [-0.1, -0.05) is 12.6 Å². The van der Waals surface area contributed by atoms with Crippen molar-refractivity contribution in [2.24, 2.45) is 0 Å². The first kappa shape index (κ1) is 9.51. The molecule has 1 aliphatic rings. The van der Waals surface area contributed by atoms with Gasteiger partial charge in [0.05, 0.1) is 4.92 Å². The van der Waals surface area contributed by atoms with Crippen LogP contribution in [0.2, 0.25) is 0 Å². The fourth-order valence-electron chi connectivity index (χ4n) is 1.31. The molecule has 1 unspecified atom stereocenters. The van der Waals surface area contributed by atoms with Crippen LogP contribution in [0.3, 0.4) is 0 Å². The van der Waals surface area contributed by atoms with Crippen molar-refractivity contribution >= 4 is 5.69 Å². The van der Waals surface area contributed by atoms with Gasteiger partial charge in [0.2, 0.25) is 5.75 Å². The summed E-state index contributed by atoms with van der Waals surface area (Å²) >= 11 is 0. The largest absolute Gasteiger partial charge is 0.473 e. The third kappa shape index (κ3) is 1.52. The Bertz CT molecular complexity index is 441. The van der Waals surface area contributed by atoms with Crippen LogP contribution in [0.4, 0.5) is 5.69 Å². The maximum Gasteiger partial charge on any atom is 0.314 e. The fourth-order valence-corrected chi connectivity index (χ4v) is 1.31. The molecule has 1 aromatic carbocycles. The van der Waals surface area contributed by atoms with Gasteiger partial charge >= 0.3 is 5.69 Å². The highest BCUT2D eigenvalue weighted by Gasteiger charge is 2.28. The summed E-state index contributed by atoms with van der Waals surface area (Å²) in [7, 11) is 0. The standard InChI is InChI=1S/C10H9NO4/c1-6-7(2)15-10-8(11(12)13)4-3-5-9(10)14-6/h3-5,7H,1H2,2H3. The van der Waals surface area contributed by atoms with Crippen molar-refractivity contribution in [3.8, 4) is 11.5 Å². The molecule has 0 aliphatic carbocycles. The van der Waals surface area contributed by atoms with Gasteiger partial charge in [0, 0.05) is 6.07 Å². The molecule has 78 valence electrons. The number of nitro groups is 1. The van der Waals surface area contributed by atoms with E-state index in [1.54, 1.807) is 19.1 Å². The zero-order valence-corrected chi connectivity index (χ0v) is 8.10. The van der Waals surface area contributed by atoms with E-state index in [4.69, 9.17) is 9.47 Å². The minimum Gasteiger partial charge on any atom is -0.473 e. The lowest BCUT2D eigenvalue weighted by Gasteiger charge is -2.24. The number of ether oxygens (including phenoxy) is 2. The lowest BCUT2D eigenvalue weighted by atomic mass is 10.2. The highest BCUT2D eigenvalue weighted by molar-refractivity contribution is 5.57. The Morgan fingerprint density at radius 1 is 1.53 bits per heavy atom. The smallest absolute Gasteiger partial charge is 0.314 e. The van der Waals surface area contributed by atoms with Gasteiger partial charge in [-0.25, -0.2) is 0 Å². The van der Waals surface area contributed by atoms with Gasteiger partial charge in [-0.15, -0.1) is 0 Å². The van der Waals surface area contributed by atoms with Gasteiger partial charge in [0.1, 0.15) is 5.76 Å². The van der Waals surface area contributed by atoms with Gasteiger partial charge < -0.3 is 9.47 Å². The Morgan fingerprint density at radius 2 is 2.27 bits per heavy atom. The average molecular weight is 207 g/mol. The van der Waals surface area contributed by atoms with Crippen LogP contribution in [-0.4, -0.2) is 11.0 Å². The van der Waals surface area contributed by atoms with Gasteiger partial charge in [-0.3, -0.25) is 10.1 Å². The van der Waals surface area contributed by atoms with Crippen molar-refractivity contribution in [2.75, 3.05) is 0 Å². The number of para-hydroxylation sites is 1. The van der Waals surface area contributed by atoms with Crippen LogP contribution in [0.5, 0.6) is 11.5 Å². The van der Waals surface area contributed by atoms with E-state index < -0.39 is 4.92 Å². The Hall–Kier alpha value is -2.04. The highest BCUT2D eigenvalue weighted by atomic mass is 16.6. The number of nitro benzene ring substituents is 1. The van der Waals surface area contributed by atoms with Gasteiger partial charge in [-0.05, 0) is 13.0 Å². The first-order valence-electron chi connectivity index (χ1n) is 4.40. The minimum absolute atomic E-state index is 0.0909. The summed E-state index contributed by atoms with van der Waals surface area (Å²) in [6.07, 6.45) is -0.376. The zero-order valence-electron chi connectivity index (χ0n) is 8.10. The molecule has 0 aromatic heterocycles. The molecule has 1 aliphatic heterocycles. The third-order valence-electron chi connectivity index (χ3n) is 2.14. The molecule has 5 nitrogen and oxygen atoms in total. The first-order valence-corrected chi connectivity index (χ1v) is 4.40. The number of hydrogen-bond donors (Lipinski definition) is 0. The molecule has 2 rings (SSSR count). The van der Waals surface area contributed by atoms with Crippen LogP contribution >= 0.6 is 0 Å². The van der Waals surface area contributed by atoms with Crippen LogP contribution in [0, 0.1) is 10.1 Å². The molecule has 0 saturated heterocycles. The van der Waals surface area contributed by atoms with Crippen molar-refractivity contribution in [2.45, 2.75) is 13.0 Å². The van der Waals surface area contributed by atoms with Crippen LogP contribution in [0.25, 0.3) is 0 Å². The van der Waals surface area contributed by atoms with Crippen molar-refractivity contribution in [3.05, 3.63) is 40.7 Å². The molecule has 15 heavy (non-hydrogen) atoms. The number of fused-ring (bicyclic) bond motifs is 1. The Morgan fingerprint density at radius 3 is 2.93 bits per heavy atom. The molecular weight excluding hydrogens is 198 g/mol. The first-order chi connectivity index (χ1) is 7.09. The Kier molecular flexibility index (Phi) is 2.07. The van der Waals surface area contributed by atoms with E-state index in [1.165, 1.54) is 6.07 Å². The number of benzene rings is 1. The summed E-state index contributed by atoms with van der Waals surface area (Å²) in [6.45, 7) is 5.38. The topological polar surface area (TPSA) is 61.6 Å². The lowest BCUT2D eigenvalue weighted by molar-refractivity contribution is -0.386. The molecule has 1 aromatic rings. The molecule has 0 saturated carbocycles. The van der Waals surface area contributed by atoms with Gasteiger partial charge in [-0.2, -0.15) is 0 Å². The van der Waals surface area contributed by atoms with Crippen LogP contribution in [-0.2, 0) is 0 Å². The van der Waals surface area contributed by atoms with Crippen LogP contribution in [0.15, 0.2) is 30.5 Å². The van der Waals surface area contributed by atoms with Crippen LogP contribution in [0.1, 0.15) is 6.92 Å². The molecule has 1 atom stereocenters. The summed E-state index contributed by atoms with van der Waals surface area (Å²) in [5.74, 6) is 0.956. The molecule has 0 amide bonds. The summed E-state index contributed by atoms with van der Waals surface area (Å²) in [6, 6.07) is 4.53. The predicted molar refractivity (Wildman–Crippen MR) is 53.0 cm³/mol. The maximum absolute atomic E-state index is 10.7. The zero-order chi connectivity index (χ0) is 11.0. The summed E-state index contributed by atoms with van der Waals surface area (Å²) in [5, 5.41) is 10.7. The van der Waals surface area contributed by atoms with E-state index in [0.717, 1.165) is 0 Å². The minimum atomic E-state index is -0.497. The highest BCUT2D eigenvalue weighted by Crippen LogP contribution is 2.41. The Balaban J connectivity index is 2.52. The van der Waals surface area contributed by atoms with Crippen molar-refractivity contribution in [1.29, 1.82) is 0 Å². The van der Waals surface area contributed by atoms with Gasteiger partial charge in [0.25, 0.3) is 0 Å². The van der Waals surface area contributed by atoms with E-state index in [-0.39, 0.29) is 17.5 Å². The molecule has 0 radical (unpaired) electrons. The average Bonchev–Trinajstić information content (AvgIpc) is 2.18. The second-order valence-electron chi connectivity index (χ2n) is 3.19. The number of nitrogens with zero attached hydrogens (tertiary/aromatic N) is 1. The second-order valence-corrected chi connectivity index (χ2v) is 3.19. The third-order valence-corrected chi connectivity index (χ3v) is 2.14. The quantitative estimate of drug-likeness (QED) is 0.523. The van der Waals surface area contributed by atoms with Crippen molar-refractivity contribution < 1.29 is 14.4 Å². The van der Waals surface area contributed by atoms with Crippen molar-refractivity contribution in [1.82, 2.24) is 0 Å². The molecular formula is C10H9NO4. The molecule has 0 N–H and O–H groups in total. The van der Waals surface area contributed by atoms with Gasteiger partial charge in [0.15, 0.2) is 11.9 Å². The van der Waals surface area contributed by atoms with Crippen LogP contribution < -0.4 is 9.47 Å². The van der Waals surface area contributed by atoms with Crippen molar-refractivity contribution in [3.63, 3.8) is 0 Å². The van der Waals surface area contributed by atoms with E-state index in [9.17, 15) is 10.1 Å². The molecule has 0 bridgehead atoms.